The van der Waals surface area contributed by atoms with Crippen molar-refractivity contribution in [2.75, 3.05) is 12.3 Å². The smallest absolute Gasteiger partial charge is 0.252 e. The second kappa shape index (κ2) is 10.3. The van der Waals surface area contributed by atoms with Gasteiger partial charge in [-0.2, -0.15) is 11.8 Å². The van der Waals surface area contributed by atoms with E-state index >= 15 is 0 Å². The molecule has 0 bridgehead atoms. The lowest BCUT2D eigenvalue weighted by atomic mass is 10.0. The first-order valence-electron chi connectivity index (χ1n) is 10.2. The Morgan fingerprint density at radius 2 is 1.81 bits per heavy atom. The van der Waals surface area contributed by atoms with Gasteiger partial charge in [0.05, 0.1) is 21.7 Å². The van der Waals surface area contributed by atoms with Crippen LogP contribution in [0.5, 0.6) is 0 Å². The minimum atomic E-state index is -0.0881. The Hall–Kier alpha value is -2.05. The van der Waals surface area contributed by atoms with E-state index in [1.54, 1.807) is 23.1 Å². The maximum absolute atomic E-state index is 13.1. The van der Waals surface area contributed by atoms with E-state index in [1.165, 1.54) is 0 Å². The second-order valence-corrected chi connectivity index (χ2v) is 10.4. The molecular weight excluding hydrogens is 479 g/mol. The summed E-state index contributed by atoms with van der Waals surface area (Å²) < 4.78 is 0. The average molecular weight is 502 g/mol. The van der Waals surface area contributed by atoms with Crippen LogP contribution in [0.25, 0.3) is 21.5 Å². The van der Waals surface area contributed by atoms with Gasteiger partial charge in [-0.3, -0.25) is 4.79 Å². The van der Waals surface area contributed by atoms with Crippen LogP contribution in [0.15, 0.2) is 53.9 Å². The number of carbonyl (C=O) groups excluding carboxylic acids is 1. The molecule has 2 aromatic heterocycles. The number of benzene rings is 2. The number of pyridine rings is 1. The third-order valence-electron chi connectivity index (χ3n) is 5.28. The summed E-state index contributed by atoms with van der Waals surface area (Å²) in [5.41, 5.74) is 5.55. The number of amides is 1. The van der Waals surface area contributed by atoms with E-state index in [9.17, 15) is 4.79 Å². The standard InChI is InChI=1S/C25H22Cl2N2OS2/c1-15-11-17-18(13-23(24-7-4-9-32-24)29-22(17)12-16(15)2)25(30)28-8-10-31-14-19-20(26)5-3-6-21(19)27/h3-7,9,11-13H,8,10,14H2,1-2H3,(H,28,30). The van der Waals surface area contributed by atoms with Gasteiger partial charge in [-0.25, -0.2) is 4.98 Å². The molecule has 4 aromatic rings. The van der Waals surface area contributed by atoms with Crippen LogP contribution in [0.1, 0.15) is 27.0 Å². The molecule has 3 nitrogen and oxygen atoms in total. The molecule has 0 unspecified atom stereocenters. The van der Waals surface area contributed by atoms with Crippen molar-refractivity contribution in [1.82, 2.24) is 10.3 Å². The van der Waals surface area contributed by atoms with Crippen LogP contribution < -0.4 is 5.32 Å². The van der Waals surface area contributed by atoms with Crippen molar-refractivity contribution >= 4 is 63.1 Å². The van der Waals surface area contributed by atoms with Crippen molar-refractivity contribution in [3.63, 3.8) is 0 Å². The monoisotopic (exact) mass is 500 g/mol. The lowest BCUT2D eigenvalue weighted by Gasteiger charge is -2.12. The summed E-state index contributed by atoms with van der Waals surface area (Å²) in [5, 5.41) is 7.30. The van der Waals surface area contributed by atoms with Crippen molar-refractivity contribution in [2.24, 2.45) is 0 Å². The molecule has 0 radical (unpaired) electrons. The van der Waals surface area contributed by atoms with Crippen molar-refractivity contribution in [2.45, 2.75) is 19.6 Å². The molecule has 0 atom stereocenters. The van der Waals surface area contributed by atoms with E-state index in [0.29, 0.717) is 27.9 Å². The molecule has 1 amide bonds. The van der Waals surface area contributed by atoms with Gasteiger partial charge in [0.1, 0.15) is 0 Å². The SMILES string of the molecule is Cc1cc2nc(-c3cccs3)cc(C(=O)NCCSCc3c(Cl)cccc3Cl)c2cc1C. The Kier molecular flexibility index (Phi) is 7.41. The molecule has 0 aliphatic carbocycles. The van der Waals surface area contributed by atoms with Crippen LogP contribution >= 0.6 is 46.3 Å². The van der Waals surface area contributed by atoms with Gasteiger partial charge >= 0.3 is 0 Å². The fraction of sp³-hybridized carbons (Fsp3) is 0.200. The first-order chi connectivity index (χ1) is 15.4. The lowest BCUT2D eigenvalue weighted by Crippen LogP contribution is -2.26. The molecule has 0 aliphatic heterocycles. The fourth-order valence-electron chi connectivity index (χ4n) is 3.40. The summed E-state index contributed by atoms with van der Waals surface area (Å²) in [6.07, 6.45) is 0. The number of fused-ring (bicyclic) bond motifs is 1. The molecule has 2 heterocycles. The van der Waals surface area contributed by atoms with Crippen LogP contribution in [0.4, 0.5) is 0 Å². The van der Waals surface area contributed by atoms with Gasteiger partial charge in [0.15, 0.2) is 0 Å². The second-order valence-electron chi connectivity index (χ2n) is 7.49. The normalized spacial score (nSPS) is 11.1. The molecule has 0 aliphatic rings. The lowest BCUT2D eigenvalue weighted by molar-refractivity contribution is 0.0958. The van der Waals surface area contributed by atoms with E-state index < -0.39 is 0 Å². The summed E-state index contributed by atoms with van der Waals surface area (Å²) in [5.74, 6) is 1.37. The predicted octanol–water partition coefficient (Wildman–Crippen LogP) is 7.55. The van der Waals surface area contributed by atoms with E-state index in [-0.39, 0.29) is 5.91 Å². The van der Waals surface area contributed by atoms with Crippen LogP contribution in [-0.4, -0.2) is 23.2 Å². The fourth-order valence-corrected chi connectivity index (χ4v) is 5.68. The number of halogens is 2. The van der Waals surface area contributed by atoms with Crippen LogP contribution in [0.3, 0.4) is 0 Å². The van der Waals surface area contributed by atoms with Gasteiger partial charge in [-0.15, -0.1) is 11.3 Å². The molecule has 0 saturated heterocycles. The highest BCUT2D eigenvalue weighted by Crippen LogP contribution is 2.30. The predicted molar refractivity (Wildman–Crippen MR) is 139 cm³/mol. The Balaban J connectivity index is 1.49. The van der Waals surface area contributed by atoms with E-state index in [1.807, 2.05) is 41.8 Å². The van der Waals surface area contributed by atoms with Gasteiger partial charge in [-0.05, 0) is 72.3 Å². The molecule has 1 N–H and O–H groups in total. The Labute approximate surface area is 206 Å². The van der Waals surface area contributed by atoms with Crippen molar-refractivity contribution < 1.29 is 4.79 Å². The van der Waals surface area contributed by atoms with Gasteiger partial charge in [0.2, 0.25) is 0 Å². The molecule has 7 heteroatoms. The van der Waals surface area contributed by atoms with Crippen molar-refractivity contribution in [1.29, 1.82) is 0 Å². The number of aromatic nitrogens is 1. The van der Waals surface area contributed by atoms with E-state index in [0.717, 1.165) is 43.9 Å². The zero-order valence-electron chi connectivity index (χ0n) is 17.7. The number of nitrogens with zero attached hydrogens (tertiary/aromatic N) is 1. The molecule has 0 fully saturated rings. The zero-order valence-corrected chi connectivity index (χ0v) is 20.9. The summed E-state index contributed by atoms with van der Waals surface area (Å²) in [6, 6.07) is 15.6. The average Bonchev–Trinajstić information content (AvgIpc) is 3.30. The van der Waals surface area contributed by atoms with Crippen LogP contribution in [-0.2, 0) is 5.75 Å². The molecule has 164 valence electrons. The molecule has 0 saturated carbocycles. The number of carbonyl (C=O) groups is 1. The quantitative estimate of drug-likeness (QED) is 0.266. The maximum Gasteiger partial charge on any atom is 0.252 e. The minimum Gasteiger partial charge on any atom is -0.351 e. The Morgan fingerprint density at radius 1 is 1.06 bits per heavy atom. The van der Waals surface area contributed by atoms with E-state index in [4.69, 9.17) is 28.2 Å². The minimum absolute atomic E-state index is 0.0881. The number of thioether (sulfide) groups is 1. The molecule has 2 aromatic carbocycles. The number of thiophene rings is 1. The molecular formula is C25H22Cl2N2OS2. The highest BCUT2D eigenvalue weighted by molar-refractivity contribution is 7.98. The summed E-state index contributed by atoms with van der Waals surface area (Å²) in [6.45, 7) is 4.67. The van der Waals surface area contributed by atoms with Gasteiger partial charge in [0.25, 0.3) is 5.91 Å². The van der Waals surface area contributed by atoms with Crippen molar-refractivity contribution in [3.05, 3.63) is 86.2 Å². The van der Waals surface area contributed by atoms with Crippen molar-refractivity contribution in [3.8, 4) is 10.6 Å². The topological polar surface area (TPSA) is 42.0 Å². The van der Waals surface area contributed by atoms with Crippen LogP contribution in [0, 0.1) is 13.8 Å². The molecule has 32 heavy (non-hydrogen) atoms. The third-order valence-corrected chi connectivity index (χ3v) is 7.87. The zero-order chi connectivity index (χ0) is 22.7. The molecule has 4 rings (SSSR count). The number of nitrogens with one attached hydrogen (secondary N) is 1. The molecule has 0 spiro atoms. The van der Waals surface area contributed by atoms with Gasteiger partial charge < -0.3 is 5.32 Å². The number of rotatable bonds is 7. The summed E-state index contributed by atoms with van der Waals surface area (Å²) in [4.78, 5) is 19.0. The first-order valence-corrected chi connectivity index (χ1v) is 13.0. The Bertz CT molecular complexity index is 1250. The van der Waals surface area contributed by atoms with Gasteiger partial charge in [0, 0.05) is 33.5 Å². The maximum atomic E-state index is 13.1. The third kappa shape index (κ3) is 5.12. The first kappa shape index (κ1) is 23.1. The summed E-state index contributed by atoms with van der Waals surface area (Å²) in [7, 11) is 0. The number of hydrogen-bond donors (Lipinski definition) is 1. The number of hydrogen-bond acceptors (Lipinski definition) is 4. The highest BCUT2D eigenvalue weighted by atomic mass is 35.5. The highest BCUT2D eigenvalue weighted by Gasteiger charge is 2.15. The Morgan fingerprint density at radius 3 is 2.53 bits per heavy atom. The largest absolute Gasteiger partial charge is 0.351 e. The number of aryl methyl sites for hydroxylation is 2. The van der Waals surface area contributed by atoms with Crippen LogP contribution in [0.2, 0.25) is 10.0 Å². The van der Waals surface area contributed by atoms with E-state index in [2.05, 4.69) is 31.3 Å². The van der Waals surface area contributed by atoms with Gasteiger partial charge in [-0.1, -0.05) is 35.3 Å². The summed E-state index contributed by atoms with van der Waals surface area (Å²) >= 11 is 15.8.